The summed E-state index contributed by atoms with van der Waals surface area (Å²) < 4.78 is 5.37. The zero-order valence-electron chi connectivity index (χ0n) is 10.5. The van der Waals surface area contributed by atoms with Gasteiger partial charge in [-0.3, -0.25) is 0 Å². The lowest BCUT2D eigenvalue weighted by molar-refractivity contribution is 0.0265. The molecule has 1 unspecified atom stereocenters. The van der Waals surface area contributed by atoms with Crippen molar-refractivity contribution in [2.75, 3.05) is 0 Å². The summed E-state index contributed by atoms with van der Waals surface area (Å²) in [5.41, 5.74) is 0.238. The number of phenolic OH excluding ortho intramolecular Hbond substituents is 1. The fourth-order valence-corrected chi connectivity index (χ4v) is 1.64. The third-order valence-electron chi connectivity index (χ3n) is 2.73. The summed E-state index contributed by atoms with van der Waals surface area (Å²) in [6.45, 7) is 4.11. The zero-order valence-corrected chi connectivity index (χ0v) is 10.5. The van der Waals surface area contributed by atoms with Gasteiger partial charge < -0.3 is 9.84 Å². The highest BCUT2D eigenvalue weighted by atomic mass is 16.5. The van der Waals surface area contributed by atoms with Crippen LogP contribution in [0.3, 0.4) is 0 Å². The third kappa shape index (κ3) is 4.10. The zero-order chi connectivity index (χ0) is 12.7. The van der Waals surface area contributed by atoms with Gasteiger partial charge in [-0.25, -0.2) is 4.79 Å². The first-order chi connectivity index (χ1) is 8.19. The van der Waals surface area contributed by atoms with Crippen molar-refractivity contribution in [2.45, 2.75) is 45.6 Å². The normalized spacial score (nSPS) is 12.1. The molecule has 0 amide bonds. The van der Waals surface area contributed by atoms with E-state index in [1.807, 2.05) is 6.92 Å². The number of hydrogen-bond acceptors (Lipinski definition) is 3. The molecule has 0 aliphatic heterocycles. The Morgan fingerprint density at radius 3 is 2.65 bits per heavy atom. The minimum atomic E-state index is -0.439. The number of rotatable bonds is 6. The van der Waals surface area contributed by atoms with Gasteiger partial charge in [-0.15, -0.1) is 0 Å². The predicted octanol–water partition coefficient (Wildman–Crippen LogP) is 3.52. The average Bonchev–Trinajstić information content (AvgIpc) is 2.34. The van der Waals surface area contributed by atoms with E-state index in [0.717, 1.165) is 25.7 Å². The van der Waals surface area contributed by atoms with Crippen molar-refractivity contribution < 1.29 is 14.6 Å². The lowest BCUT2D eigenvalue weighted by atomic mass is 10.1. The Hall–Kier alpha value is -1.51. The minimum Gasteiger partial charge on any atom is -0.507 e. The molecule has 0 saturated carbocycles. The van der Waals surface area contributed by atoms with Crippen LogP contribution in [0.1, 0.15) is 49.9 Å². The number of phenols is 1. The quantitative estimate of drug-likeness (QED) is 0.769. The van der Waals surface area contributed by atoms with E-state index in [4.69, 9.17) is 4.74 Å². The molecule has 0 aromatic heterocycles. The van der Waals surface area contributed by atoms with E-state index in [1.165, 1.54) is 6.07 Å². The number of aromatic hydroxyl groups is 1. The largest absolute Gasteiger partial charge is 0.507 e. The van der Waals surface area contributed by atoms with Gasteiger partial charge in [0.25, 0.3) is 0 Å². The summed E-state index contributed by atoms with van der Waals surface area (Å²) in [5.74, 6) is -0.464. The first-order valence-electron chi connectivity index (χ1n) is 6.18. The molecule has 1 N–H and O–H groups in total. The highest BCUT2D eigenvalue weighted by molar-refractivity contribution is 5.92. The van der Waals surface area contributed by atoms with E-state index in [0.29, 0.717) is 0 Å². The van der Waals surface area contributed by atoms with Crippen molar-refractivity contribution in [1.29, 1.82) is 0 Å². The average molecular weight is 236 g/mol. The van der Waals surface area contributed by atoms with Crippen LogP contribution >= 0.6 is 0 Å². The molecule has 3 heteroatoms. The highest BCUT2D eigenvalue weighted by Gasteiger charge is 2.16. The summed E-state index contributed by atoms with van der Waals surface area (Å²) in [7, 11) is 0. The number of unbranched alkanes of at least 4 members (excludes halogenated alkanes) is 1. The molecule has 0 heterocycles. The molecule has 0 fully saturated rings. The number of carbonyl (C=O) groups is 1. The van der Waals surface area contributed by atoms with Crippen LogP contribution in [0.25, 0.3) is 0 Å². The van der Waals surface area contributed by atoms with Gasteiger partial charge in [0.1, 0.15) is 17.4 Å². The fraction of sp³-hybridized carbons (Fsp3) is 0.500. The molecule has 0 bridgehead atoms. The maximum atomic E-state index is 11.8. The van der Waals surface area contributed by atoms with Crippen molar-refractivity contribution in [1.82, 2.24) is 0 Å². The van der Waals surface area contributed by atoms with Crippen molar-refractivity contribution in [3.8, 4) is 5.75 Å². The van der Waals surface area contributed by atoms with E-state index in [2.05, 4.69) is 6.92 Å². The Bertz CT molecular complexity index is 360. The molecule has 1 aromatic rings. The number of carbonyl (C=O) groups excluding carboxylic acids is 1. The molecular weight excluding hydrogens is 216 g/mol. The molecule has 0 radical (unpaired) electrons. The second-order valence-electron chi connectivity index (χ2n) is 4.09. The Kier molecular flexibility index (Phi) is 5.53. The number of hydrogen-bond donors (Lipinski definition) is 1. The van der Waals surface area contributed by atoms with Crippen LogP contribution < -0.4 is 0 Å². The van der Waals surface area contributed by atoms with Crippen LogP contribution in [0.2, 0.25) is 0 Å². The standard InChI is InChI=1S/C14H20O3/c1-3-5-8-11(4-2)17-14(16)12-9-6-7-10-13(12)15/h6-7,9-11,15H,3-5,8H2,1-2H3. The van der Waals surface area contributed by atoms with Crippen LogP contribution in [0.4, 0.5) is 0 Å². The lowest BCUT2D eigenvalue weighted by Crippen LogP contribution is -2.17. The van der Waals surface area contributed by atoms with E-state index >= 15 is 0 Å². The Balaban J connectivity index is 2.61. The second kappa shape index (κ2) is 6.94. The SMILES string of the molecule is CCCCC(CC)OC(=O)c1ccccc1O. The smallest absolute Gasteiger partial charge is 0.342 e. The number of benzene rings is 1. The summed E-state index contributed by atoms with van der Waals surface area (Å²) in [5, 5.41) is 9.54. The first kappa shape index (κ1) is 13.6. The lowest BCUT2D eigenvalue weighted by Gasteiger charge is -2.16. The van der Waals surface area contributed by atoms with Gasteiger partial charge in [0, 0.05) is 0 Å². The van der Waals surface area contributed by atoms with Crippen LogP contribution in [0.15, 0.2) is 24.3 Å². The van der Waals surface area contributed by atoms with Gasteiger partial charge in [-0.1, -0.05) is 38.8 Å². The van der Waals surface area contributed by atoms with Crippen LogP contribution in [-0.2, 0) is 4.74 Å². The molecular formula is C14H20O3. The van der Waals surface area contributed by atoms with Gasteiger partial charge in [-0.05, 0) is 25.0 Å². The van der Waals surface area contributed by atoms with E-state index < -0.39 is 5.97 Å². The molecule has 94 valence electrons. The number of para-hydroxylation sites is 1. The van der Waals surface area contributed by atoms with E-state index in [1.54, 1.807) is 18.2 Å². The molecule has 1 rings (SSSR count). The molecule has 0 spiro atoms. The molecule has 3 nitrogen and oxygen atoms in total. The summed E-state index contributed by atoms with van der Waals surface area (Å²) in [6.07, 6.45) is 3.77. The maximum Gasteiger partial charge on any atom is 0.342 e. The minimum absolute atomic E-state index is 0.0251. The molecule has 1 atom stereocenters. The van der Waals surface area contributed by atoms with Gasteiger partial charge in [-0.2, -0.15) is 0 Å². The predicted molar refractivity (Wildman–Crippen MR) is 67.1 cm³/mol. The van der Waals surface area contributed by atoms with Crippen molar-refractivity contribution >= 4 is 5.97 Å². The van der Waals surface area contributed by atoms with Crippen molar-refractivity contribution in [3.63, 3.8) is 0 Å². The van der Waals surface area contributed by atoms with Gasteiger partial charge in [0.05, 0.1) is 0 Å². The second-order valence-corrected chi connectivity index (χ2v) is 4.09. The summed E-state index contributed by atoms with van der Waals surface area (Å²) in [6, 6.07) is 6.46. The molecule has 0 aliphatic rings. The Morgan fingerprint density at radius 1 is 1.35 bits per heavy atom. The Labute approximate surface area is 102 Å². The third-order valence-corrected chi connectivity index (χ3v) is 2.73. The number of esters is 1. The van der Waals surface area contributed by atoms with Crippen LogP contribution in [0.5, 0.6) is 5.75 Å². The highest BCUT2D eigenvalue weighted by Crippen LogP contribution is 2.19. The summed E-state index contributed by atoms with van der Waals surface area (Å²) in [4.78, 5) is 11.8. The van der Waals surface area contributed by atoms with Gasteiger partial charge in [0.15, 0.2) is 0 Å². The molecule has 17 heavy (non-hydrogen) atoms. The van der Waals surface area contributed by atoms with Crippen LogP contribution in [-0.4, -0.2) is 17.2 Å². The van der Waals surface area contributed by atoms with E-state index in [9.17, 15) is 9.90 Å². The van der Waals surface area contributed by atoms with Crippen LogP contribution in [0, 0.1) is 0 Å². The monoisotopic (exact) mass is 236 g/mol. The molecule has 1 aromatic carbocycles. The maximum absolute atomic E-state index is 11.8. The number of ether oxygens (including phenoxy) is 1. The first-order valence-corrected chi connectivity index (χ1v) is 6.18. The molecule has 0 saturated heterocycles. The van der Waals surface area contributed by atoms with Crippen molar-refractivity contribution in [2.24, 2.45) is 0 Å². The van der Waals surface area contributed by atoms with Gasteiger partial charge >= 0.3 is 5.97 Å². The summed E-state index contributed by atoms with van der Waals surface area (Å²) >= 11 is 0. The van der Waals surface area contributed by atoms with Crippen molar-refractivity contribution in [3.05, 3.63) is 29.8 Å². The fourth-order valence-electron chi connectivity index (χ4n) is 1.64. The topological polar surface area (TPSA) is 46.5 Å². The Morgan fingerprint density at radius 2 is 2.06 bits per heavy atom. The van der Waals surface area contributed by atoms with E-state index in [-0.39, 0.29) is 17.4 Å². The molecule has 0 aliphatic carbocycles. The van der Waals surface area contributed by atoms with Gasteiger partial charge in [0.2, 0.25) is 0 Å².